The standard InChI is InChI=1S/C14H21NO3S/c1-10(2)15(9-14(17)18)13(16)6-4-5-12-8-7-11(3)19-12/h7-8,10H,4-6,9H2,1-3H3,(H,17,18). The van der Waals surface area contributed by atoms with Gasteiger partial charge >= 0.3 is 5.97 Å². The van der Waals surface area contributed by atoms with Crippen molar-refractivity contribution in [3.05, 3.63) is 21.9 Å². The Morgan fingerprint density at radius 1 is 1.37 bits per heavy atom. The normalized spacial score (nSPS) is 10.7. The third-order valence-corrected chi connectivity index (χ3v) is 3.92. The van der Waals surface area contributed by atoms with Crippen molar-refractivity contribution in [1.82, 2.24) is 4.90 Å². The van der Waals surface area contributed by atoms with Gasteiger partial charge in [-0.1, -0.05) is 0 Å². The number of rotatable bonds is 7. The zero-order chi connectivity index (χ0) is 14.4. The molecule has 0 aromatic carbocycles. The van der Waals surface area contributed by atoms with Crippen molar-refractivity contribution in [2.24, 2.45) is 0 Å². The van der Waals surface area contributed by atoms with E-state index in [0.717, 1.165) is 12.8 Å². The first-order valence-corrected chi connectivity index (χ1v) is 7.28. The maximum atomic E-state index is 12.0. The van der Waals surface area contributed by atoms with Crippen molar-refractivity contribution in [1.29, 1.82) is 0 Å². The number of aliphatic carboxylic acids is 1. The zero-order valence-corrected chi connectivity index (χ0v) is 12.5. The van der Waals surface area contributed by atoms with Crippen molar-refractivity contribution >= 4 is 23.2 Å². The summed E-state index contributed by atoms with van der Waals surface area (Å²) in [6.07, 6.45) is 2.05. The predicted molar refractivity (Wildman–Crippen MR) is 76.5 cm³/mol. The summed E-state index contributed by atoms with van der Waals surface area (Å²) in [4.78, 5) is 26.7. The number of carbonyl (C=O) groups is 2. The second kappa shape index (κ2) is 7.28. The lowest BCUT2D eigenvalue weighted by Gasteiger charge is -2.24. The molecule has 0 aliphatic heterocycles. The SMILES string of the molecule is Cc1ccc(CCCC(=O)N(CC(=O)O)C(C)C)s1. The number of thiophene rings is 1. The second-order valence-electron chi connectivity index (χ2n) is 4.88. The van der Waals surface area contributed by atoms with E-state index in [4.69, 9.17) is 5.11 Å². The molecule has 0 aliphatic carbocycles. The highest BCUT2D eigenvalue weighted by Gasteiger charge is 2.19. The van der Waals surface area contributed by atoms with Crippen LogP contribution in [0.25, 0.3) is 0 Å². The Labute approximate surface area is 118 Å². The van der Waals surface area contributed by atoms with Gasteiger partial charge in [-0.05, 0) is 45.7 Å². The lowest BCUT2D eigenvalue weighted by molar-refractivity contribution is -0.145. The van der Waals surface area contributed by atoms with E-state index in [0.29, 0.717) is 6.42 Å². The van der Waals surface area contributed by atoms with E-state index >= 15 is 0 Å². The molecule has 0 atom stereocenters. The van der Waals surface area contributed by atoms with E-state index in [1.165, 1.54) is 14.7 Å². The molecule has 0 fully saturated rings. The number of carbonyl (C=O) groups excluding carboxylic acids is 1. The van der Waals surface area contributed by atoms with Crippen LogP contribution in [-0.4, -0.2) is 34.5 Å². The van der Waals surface area contributed by atoms with Gasteiger partial charge < -0.3 is 10.0 Å². The first kappa shape index (κ1) is 15.7. The molecule has 1 aromatic heterocycles. The molecule has 0 saturated carbocycles. The van der Waals surface area contributed by atoms with E-state index in [2.05, 4.69) is 19.1 Å². The molecule has 0 bridgehead atoms. The van der Waals surface area contributed by atoms with Gasteiger partial charge in [-0.2, -0.15) is 0 Å². The number of carboxylic acids is 1. The fourth-order valence-electron chi connectivity index (χ4n) is 1.88. The molecule has 1 N–H and O–H groups in total. The smallest absolute Gasteiger partial charge is 0.323 e. The molecule has 0 aliphatic rings. The fourth-order valence-corrected chi connectivity index (χ4v) is 2.81. The lowest BCUT2D eigenvalue weighted by Crippen LogP contribution is -2.40. The van der Waals surface area contributed by atoms with E-state index in [1.54, 1.807) is 11.3 Å². The van der Waals surface area contributed by atoms with Crippen LogP contribution in [0.3, 0.4) is 0 Å². The molecule has 0 spiro atoms. The predicted octanol–water partition coefficient (Wildman–Crippen LogP) is 2.70. The quantitative estimate of drug-likeness (QED) is 0.837. The Kier molecular flexibility index (Phi) is 6.02. The average molecular weight is 283 g/mol. The van der Waals surface area contributed by atoms with Crippen LogP contribution >= 0.6 is 11.3 Å². The Bertz CT molecular complexity index is 440. The topological polar surface area (TPSA) is 57.6 Å². The summed E-state index contributed by atoms with van der Waals surface area (Å²) in [5.74, 6) is -1.04. The lowest BCUT2D eigenvalue weighted by atomic mass is 10.2. The monoisotopic (exact) mass is 283 g/mol. The highest BCUT2D eigenvalue weighted by Crippen LogP contribution is 2.17. The van der Waals surface area contributed by atoms with Gasteiger partial charge in [0.15, 0.2) is 0 Å². The van der Waals surface area contributed by atoms with Crippen molar-refractivity contribution < 1.29 is 14.7 Å². The van der Waals surface area contributed by atoms with Crippen LogP contribution in [0, 0.1) is 6.92 Å². The third kappa shape index (κ3) is 5.42. The molecule has 4 nitrogen and oxygen atoms in total. The summed E-state index contributed by atoms with van der Waals surface area (Å²) in [5, 5.41) is 8.80. The van der Waals surface area contributed by atoms with Gasteiger partial charge in [-0.25, -0.2) is 0 Å². The highest BCUT2D eigenvalue weighted by molar-refractivity contribution is 7.11. The fraction of sp³-hybridized carbons (Fsp3) is 0.571. The first-order chi connectivity index (χ1) is 8.90. The zero-order valence-electron chi connectivity index (χ0n) is 11.7. The molecular formula is C14H21NO3S. The Balaban J connectivity index is 2.42. The molecular weight excluding hydrogens is 262 g/mol. The molecule has 106 valence electrons. The summed E-state index contributed by atoms with van der Waals surface area (Å²) in [6, 6.07) is 4.09. The Morgan fingerprint density at radius 2 is 2.05 bits per heavy atom. The molecule has 1 rings (SSSR count). The number of hydrogen-bond donors (Lipinski definition) is 1. The summed E-state index contributed by atoms with van der Waals surface area (Å²) in [6.45, 7) is 5.52. The summed E-state index contributed by atoms with van der Waals surface area (Å²) in [5.41, 5.74) is 0. The second-order valence-corrected chi connectivity index (χ2v) is 6.25. The van der Waals surface area contributed by atoms with Gasteiger partial charge in [0.05, 0.1) is 0 Å². The summed E-state index contributed by atoms with van der Waals surface area (Å²) in [7, 11) is 0. The molecule has 1 amide bonds. The summed E-state index contributed by atoms with van der Waals surface area (Å²) >= 11 is 1.75. The van der Waals surface area contributed by atoms with Gasteiger partial charge in [0, 0.05) is 22.2 Å². The average Bonchev–Trinajstić information content (AvgIpc) is 2.71. The maximum absolute atomic E-state index is 12.0. The van der Waals surface area contributed by atoms with Crippen LogP contribution < -0.4 is 0 Å². The van der Waals surface area contributed by atoms with Gasteiger partial charge in [-0.15, -0.1) is 11.3 Å². The van der Waals surface area contributed by atoms with E-state index in [9.17, 15) is 9.59 Å². The number of aryl methyl sites for hydroxylation is 2. The van der Waals surface area contributed by atoms with Crippen LogP contribution in [-0.2, 0) is 16.0 Å². The molecule has 0 unspecified atom stereocenters. The summed E-state index contributed by atoms with van der Waals surface area (Å²) < 4.78 is 0. The van der Waals surface area contributed by atoms with E-state index in [-0.39, 0.29) is 18.5 Å². The van der Waals surface area contributed by atoms with Crippen LogP contribution in [0.15, 0.2) is 12.1 Å². The van der Waals surface area contributed by atoms with Crippen LogP contribution in [0.2, 0.25) is 0 Å². The van der Waals surface area contributed by atoms with Crippen molar-refractivity contribution in [2.45, 2.75) is 46.1 Å². The minimum Gasteiger partial charge on any atom is -0.480 e. The molecule has 5 heteroatoms. The third-order valence-electron chi connectivity index (χ3n) is 2.86. The van der Waals surface area contributed by atoms with Crippen LogP contribution in [0.5, 0.6) is 0 Å². The molecule has 1 aromatic rings. The maximum Gasteiger partial charge on any atom is 0.323 e. The molecule has 19 heavy (non-hydrogen) atoms. The van der Waals surface area contributed by atoms with Crippen LogP contribution in [0.1, 0.15) is 36.4 Å². The minimum atomic E-state index is -0.962. The molecule has 0 saturated heterocycles. The van der Waals surface area contributed by atoms with Crippen molar-refractivity contribution in [3.63, 3.8) is 0 Å². The molecule has 1 heterocycles. The van der Waals surface area contributed by atoms with Gasteiger partial charge in [0.1, 0.15) is 6.54 Å². The largest absolute Gasteiger partial charge is 0.480 e. The first-order valence-electron chi connectivity index (χ1n) is 6.46. The number of carboxylic acid groups (broad SMARTS) is 1. The number of hydrogen-bond acceptors (Lipinski definition) is 3. The van der Waals surface area contributed by atoms with Gasteiger partial charge in [0.2, 0.25) is 5.91 Å². The van der Waals surface area contributed by atoms with Crippen LogP contribution in [0.4, 0.5) is 0 Å². The van der Waals surface area contributed by atoms with Crippen molar-refractivity contribution in [3.8, 4) is 0 Å². The minimum absolute atomic E-state index is 0.0763. The van der Waals surface area contributed by atoms with E-state index < -0.39 is 5.97 Å². The molecule has 0 radical (unpaired) electrons. The van der Waals surface area contributed by atoms with Crippen molar-refractivity contribution in [2.75, 3.05) is 6.54 Å². The Hall–Kier alpha value is -1.36. The number of nitrogens with zero attached hydrogens (tertiary/aromatic N) is 1. The van der Waals surface area contributed by atoms with Gasteiger partial charge in [-0.3, -0.25) is 9.59 Å². The number of amides is 1. The van der Waals surface area contributed by atoms with E-state index in [1.807, 2.05) is 13.8 Å². The Morgan fingerprint density at radius 3 is 2.53 bits per heavy atom. The van der Waals surface area contributed by atoms with Gasteiger partial charge in [0.25, 0.3) is 0 Å². The highest BCUT2D eigenvalue weighted by atomic mass is 32.1.